The Morgan fingerprint density at radius 1 is 1.06 bits per heavy atom. The molecule has 2 heteroatoms. The predicted octanol–water partition coefficient (Wildman–Crippen LogP) is 3.26. The van der Waals surface area contributed by atoms with E-state index in [1.807, 2.05) is 0 Å². The van der Waals surface area contributed by atoms with Crippen LogP contribution in [0.15, 0.2) is 0 Å². The number of hydrogen-bond acceptors (Lipinski definition) is 2. The number of nitrogens with two attached hydrogens (primary N) is 1. The van der Waals surface area contributed by atoms with Crippen molar-refractivity contribution in [2.75, 3.05) is 26.2 Å². The minimum atomic E-state index is 0.647. The molecule has 0 radical (unpaired) electrons. The van der Waals surface area contributed by atoms with Crippen molar-refractivity contribution in [2.45, 2.75) is 58.8 Å². The van der Waals surface area contributed by atoms with Crippen LogP contribution in [0.5, 0.6) is 0 Å². The van der Waals surface area contributed by atoms with Crippen molar-refractivity contribution in [1.29, 1.82) is 0 Å². The first-order valence-corrected chi connectivity index (χ1v) is 8.13. The Morgan fingerprint density at radius 2 is 1.67 bits per heavy atom. The quantitative estimate of drug-likeness (QED) is 0.814. The van der Waals surface area contributed by atoms with E-state index in [9.17, 15) is 0 Å². The van der Waals surface area contributed by atoms with Crippen LogP contribution in [0.25, 0.3) is 0 Å². The van der Waals surface area contributed by atoms with Gasteiger partial charge >= 0.3 is 0 Å². The Morgan fingerprint density at radius 3 is 2.17 bits per heavy atom. The average molecular weight is 252 g/mol. The highest BCUT2D eigenvalue weighted by atomic mass is 15.2. The summed E-state index contributed by atoms with van der Waals surface area (Å²) < 4.78 is 0. The van der Waals surface area contributed by atoms with Crippen LogP contribution in [0.3, 0.4) is 0 Å². The molecule has 2 nitrogen and oxygen atoms in total. The van der Waals surface area contributed by atoms with E-state index in [1.54, 1.807) is 0 Å². The predicted molar refractivity (Wildman–Crippen MR) is 78.6 cm³/mol. The molecule has 18 heavy (non-hydrogen) atoms. The minimum Gasteiger partial charge on any atom is -0.330 e. The van der Waals surface area contributed by atoms with Crippen molar-refractivity contribution in [3.05, 3.63) is 0 Å². The van der Waals surface area contributed by atoms with Gasteiger partial charge in [-0.15, -0.1) is 0 Å². The van der Waals surface area contributed by atoms with Gasteiger partial charge in [0, 0.05) is 13.1 Å². The molecule has 0 aromatic heterocycles. The maximum atomic E-state index is 5.77. The molecule has 2 fully saturated rings. The smallest absolute Gasteiger partial charge is 0.00384 e. The summed E-state index contributed by atoms with van der Waals surface area (Å²) in [7, 11) is 0. The van der Waals surface area contributed by atoms with Crippen LogP contribution in [0.2, 0.25) is 0 Å². The molecule has 0 amide bonds. The van der Waals surface area contributed by atoms with Gasteiger partial charge in [0.1, 0.15) is 0 Å². The SMILES string of the molecule is CCC1(CC)CCN(CC2CCC(CN)CC2)C1. The summed E-state index contributed by atoms with van der Waals surface area (Å²) in [4.78, 5) is 2.75. The van der Waals surface area contributed by atoms with Crippen LogP contribution in [-0.4, -0.2) is 31.1 Å². The lowest BCUT2D eigenvalue weighted by atomic mass is 9.81. The molecule has 2 N–H and O–H groups in total. The van der Waals surface area contributed by atoms with Crippen LogP contribution in [-0.2, 0) is 0 Å². The highest BCUT2D eigenvalue weighted by Gasteiger charge is 2.35. The Kier molecular flexibility index (Phi) is 5.08. The Hall–Kier alpha value is -0.0800. The minimum absolute atomic E-state index is 0.647. The van der Waals surface area contributed by atoms with Gasteiger partial charge in [-0.1, -0.05) is 13.8 Å². The van der Waals surface area contributed by atoms with E-state index in [0.29, 0.717) is 5.41 Å². The Labute approximate surface area is 113 Å². The van der Waals surface area contributed by atoms with E-state index in [0.717, 1.165) is 18.4 Å². The van der Waals surface area contributed by atoms with Gasteiger partial charge in [0.05, 0.1) is 0 Å². The first kappa shape index (κ1) is 14.3. The summed E-state index contributed by atoms with van der Waals surface area (Å²) in [6.45, 7) is 9.72. The van der Waals surface area contributed by atoms with Crippen molar-refractivity contribution in [3.63, 3.8) is 0 Å². The Bertz CT molecular complexity index is 239. The van der Waals surface area contributed by atoms with Crippen molar-refractivity contribution in [2.24, 2.45) is 23.0 Å². The monoisotopic (exact) mass is 252 g/mol. The number of rotatable bonds is 5. The second kappa shape index (κ2) is 6.38. The van der Waals surface area contributed by atoms with Crippen molar-refractivity contribution in [3.8, 4) is 0 Å². The van der Waals surface area contributed by atoms with Gasteiger partial charge in [-0.05, 0) is 75.3 Å². The number of hydrogen-bond donors (Lipinski definition) is 1. The second-order valence-corrected chi connectivity index (χ2v) is 6.81. The lowest BCUT2D eigenvalue weighted by Gasteiger charge is -2.32. The molecule has 1 saturated heterocycles. The van der Waals surface area contributed by atoms with E-state index in [1.165, 1.54) is 64.6 Å². The molecule has 0 unspecified atom stereocenters. The Balaban J connectivity index is 1.75. The molecule has 0 bridgehead atoms. The second-order valence-electron chi connectivity index (χ2n) is 6.81. The van der Waals surface area contributed by atoms with Gasteiger partial charge in [-0.25, -0.2) is 0 Å². The molecular weight excluding hydrogens is 220 g/mol. The summed E-state index contributed by atoms with van der Waals surface area (Å²) in [6, 6.07) is 0. The molecule has 1 saturated carbocycles. The summed E-state index contributed by atoms with van der Waals surface area (Å²) in [5, 5.41) is 0. The molecule has 2 rings (SSSR count). The molecule has 1 aliphatic heterocycles. The van der Waals surface area contributed by atoms with Gasteiger partial charge in [0.2, 0.25) is 0 Å². The molecule has 0 aromatic rings. The average Bonchev–Trinajstić information content (AvgIpc) is 2.84. The fourth-order valence-electron chi connectivity index (χ4n) is 4.03. The van der Waals surface area contributed by atoms with E-state index < -0.39 is 0 Å². The molecular formula is C16H32N2. The highest BCUT2D eigenvalue weighted by molar-refractivity contribution is 4.89. The molecule has 0 aromatic carbocycles. The fraction of sp³-hybridized carbons (Fsp3) is 1.00. The van der Waals surface area contributed by atoms with Crippen molar-refractivity contribution >= 4 is 0 Å². The van der Waals surface area contributed by atoms with E-state index in [4.69, 9.17) is 5.73 Å². The third-order valence-corrected chi connectivity index (χ3v) is 5.83. The number of nitrogens with zero attached hydrogens (tertiary/aromatic N) is 1. The van der Waals surface area contributed by atoms with Crippen molar-refractivity contribution < 1.29 is 0 Å². The zero-order valence-corrected chi connectivity index (χ0v) is 12.5. The van der Waals surface area contributed by atoms with Gasteiger partial charge < -0.3 is 10.6 Å². The largest absolute Gasteiger partial charge is 0.330 e. The molecule has 0 spiro atoms. The van der Waals surface area contributed by atoms with Crippen molar-refractivity contribution in [1.82, 2.24) is 4.90 Å². The van der Waals surface area contributed by atoms with E-state index >= 15 is 0 Å². The summed E-state index contributed by atoms with van der Waals surface area (Å²) in [6.07, 6.45) is 9.74. The lowest BCUT2D eigenvalue weighted by molar-refractivity contribution is 0.182. The van der Waals surface area contributed by atoms with Crippen LogP contribution in [0, 0.1) is 17.3 Å². The molecule has 2 aliphatic rings. The lowest BCUT2D eigenvalue weighted by Crippen LogP contribution is -2.33. The first-order valence-electron chi connectivity index (χ1n) is 8.13. The van der Waals surface area contributed by atoms with Crippen LogP contribution in [0.1, 0.15) is 58.8 Å². The zero-order chi connectivity index (χ0) is 13.0. The molecule has 0 atom stereocenters. The topological polar surface area (TPSA) is 29.3 Å². The maximum Gasteiger partial charge on any atom is 0.00384 e. The molecule has 1 heterocycles. The van der Waals surface area contributed by atoms with Crippen LogP contribution >= 0.6 is 0 Å². The third kappa shape index (κ3) is 3.27. The fourth-order valence-corrected chi connectivity index (χ4v) is 4.03. The normalized spacial score (nSPS) is 32.8. The molecule has 1 aliphatic carbocycles. The van der Waals surface area contributed by atoms with E-state index in [2.05, 4.69) is 18.7 Å². The summed E-state index contributed by atoms with van der Waals surface area (Å²) >= 11 is 0. The van der Waals surface area contributed by atoms with Gasteiger partial charge in [0.15, 0.2) is 0 Å². The highest BCUT2D eigenvalue weighted by Crippen LogP contribution is 2.38. The van der Waals surface area contributed by atoms with Crippen LogP contribution in [0.4, 0.5) is 0 Å². The first-order chi connectivity index (χ1) is 8.71. The standard InChI is InChI=1S/C16H32N2/c1-3-16(4-2)9-10-18(13-16)12-15-7-5-14(11-17)6-8-15/h14-15H,3-13,17H2,1-2H3. The zero-order valence-electron chi connectivity index (χ0n) is 12.5. The van der Waals surface area contributed by atoms with Gasteiger partial charge in [-0.3, -0.25) is 0 Å². The summed E-state index contributed by atoms with van der Waals surface area (Å²) in [5.41, 5.74) is 6.42. The van der Waals surface area contributed by atoms with Gasteiger partial charge in [0.25, 0.3) is 0 Å². The third-order valence-electron chi connectivity index (χ3n) is 5.83. The maximum absolute atomic E-state index is 5.77. The summed E-state index contributed by atoms with van der Waals surface area (Å²) in [5.74, 6) is 1.78. The van der Waals surface area contributed by atoms with Gasteiger partial charge in [-0.2, -0.15) is 0 Å². The van der Waals surface area contributed by atoms with Crippen LogP contribution < -0.4 is 5.73 Å². The number of likely N-dealkylation sites (tertiary alicyclic amines) is 1. The molecule has 106 valence electrons. The van der Waals surface area contributed by atoms with E-state index in [-0.39, 0.29) is 0 Å².